The molecule has 1 heterocycles. The summed E-state index contributed by atoms with van der Waals surface area (Å²) in [5.74, 6) is -1.94. The molecule has 1 aliphatic rings. The van der Waals surface area contributed by atoms with Crippen LogP contribution in [0.25, 0.3) is 0 Å². The van der Waals surface area contributed by atoms with Crippen LogP contribution in [0.15, 0.2) is 47.1 Å². The fourth-order valence-electron chi connectivity index (χ4n) is 3.78. The smallest absolute Gasteiger partial charge is 0.325 e. The first-order valence-corrected chi connectivity index (χ1v) is 10.3. The maximum atomic E-state index is 13.0. The number of hydrogen-bond acceptors (Lipinski definition) is 6. The van der Waals surface area contributed by atoms with E-state index in [1.807, 2.05) is 0 Å². The van der Waals surface area contributed by atoms with Crippen LogP contribution in [0, 0.1) is 0 Å². The molecule has 2 amide bonds. The van der Waals surface area contributed by atoms with Crippen LogP contribution < -0.4 is 5.32 Å². The summed E-state index contributed by atoms with van der Waals surface area (Å²) in [4.78, 5) is 51.0. The van der Waals surface area contributed by atoms with Gasteiger partial charge in [0.15, 0.2) is 18.2 Å². The highest BCUT2D eigenvalue weighted by Crippen LogP contribution is 2.42. The second-order valence-electron chi connectivity index (χ2n) is 7.24. The number of halogens is 1. The van der Waals surface area contributed by atoms with E-state index >= 15 is 0 Å². The summed E-state index contributed by atoms with van der Waals surface area (Å²) >= 11 is 6.38. The lowest BCUT2D eigenvalue weighted by atomic mass is 9.74. The number of benzene rings is 1. The van der Waals surface area contributed by atoms with Gasteiger partial charge >= 0.3 is 5.97 Å². The zero-order valence-electron chi connectivity index (χ0n) is 17.1. The van der Waals surface area contributed by atoms with Crippen LogP contribution in [0.4, 0.5) is 0 Å². The number of esters is 1. The molecule has 8 nitrogen and oxygen atoms in total. The predicted molar refractivity (Wildman–Crippen MR) is 111 cm³/mol. The topological polar surface area (TPSA) is 106 Å². The monoisotopic (exact) mass is 446 g/mol. The van der Waals surface area contributed by atoms with E-state index in [1.165, 1.54) is 24.3 Å². The van der Waals surface area contributed by atoms with Crippen molar-refractivity contribution < 1.29 is 28.3 Å². The average molecular weight is 447 g/mol. The molecule has 3 rings (SSSR count). The Morgan fingerprint density at radius 2 is 1.97 bits per heavy atom. The van der Waals surface area contributed by atoms with Crippen molar-refractivity contribution in [3.63, 3.8) is 0 Å². The molecule has 1 atom stereocenters. The summed E-state index contributed by atoms with van der Waals surface area (Å²) in [6.07, 6.45) is 3.61. The van der Waals surface area contributed by atoms with Crippen LogP contribution in [0.2, 0.25) is 5.02 Å². The number of hydrogen-bond donors (Lipinski definition) is 1. The molecule has 1 N–H and O–H groups in total. The maximum absolute atomic E-state index is 13.0. The van der Waals surface area contributed by atoms with Gasteiger partial charge in [0.2, 0.25) is 0 Å². The molecular weight excluding hydrogens is 424 g/mol. The van der Waals surface area contributed by atoms with E-state index in [9.17, 15) is 19.2 Å². The third-order valence-corrected chi connectivity index (χ3v) is 5.74. The summed E-state index contributed by atoms with van der Waals surface area (Å²) < 4.78 is 9.94. The standard InChI is InChI=1S/C22H23ClN2O6/c1-25(19(27)14-31-20(28)13-24-21(29)17-9-6-12-30-17)22(11-5-4-10-18(22)26)15-7-2-3-8-16(15)23/h2-3,6-9,12H,4-5,10-11,13-14H2,1H3,(H,24,29)/t22-/m1/s1. The lowest BCUT2D eigenvalue weighted by Gasteiger charge is -2.43. The van der Waals surface area contributed by atoms with Gasteiger partial charge in [-0.3, -0.25) is 19.2 Å². The molecule has 0 unspecified atom stereocenters. The van der Waals surface area contributed by atoms with E-state index < -0.39 is 36.5 Å². The van der Waals surface area contributed by atoms with Crippen LogP contribution in [0.1, 0.15) is 41.8 Å². The van der Waals surface area contributed by atoms with Gasteiger partial charge in [0.1, 0.15) is 12.1 Å². The number of Topliss-reactive ketones (excluding diaryl/α,β-unsaturated/α-hetero) is 1. The summed E-state index contributed by atoms with van der Waals surface area (Å²) in [5.41, 5.74) is -0.637. The van der Waals surface area contributed by atoms with Crippen molar-refractivity contribution in [3.05, 3.63) is 59.0 Å². The van der Waals surface area contributed by atoms with Gasteiger partial charge in [-0.1, -0.05) is 29.8 Å². The van der Waals surface area contributed by atoms with Gasteiger partial charge in [-0.15, -0.1) is 0 Å². The number of carbonyl (C=O) groups is 4. The molecule has 1 aromatic heterocycles. The zero-order valence-corrected chi connectivity index (χ0v) is 17.8. The highest BCUT2D eigenvalue weighted by atomic mass is 35.5. The van der Waals surface area contributed by atoms with Crippen LogP contribution in [0.5, 0.6) is 0 Å². The average Bonchev–Trinajstić information content (AvgIpc) is 3.31. The second-order valence-corrected chi connectivity index (χ2v) is 7.65. The third kappa shape index (κ3) is 4.80. The van der Waals surface area contributed by atoms with Crippen molar-refractivity contribution in [2.45, 2.75) is 31.2 Å². The Bertz CT molecular complexity index is 974. The lowest BCUT2D eigenvalue weighted by molar-refractivity contribution is -0.157. The van der Waals surface area contributed by atoms with Crippen molar-refractivity contribution in [1.29, 1.82) is 0 Å². The van der Waals surface area contributed by atoms with Gasteiger partial charge < -0.3 is 19.4 Å². The van der Waals surface area contributed by atoms with Crippen molar-refractivity contribution in [3.8, 4) is 0 Å². The first-order valence-electron chi connectivity index (χ1n) is 9.88. The fraction of sp³-hybridized carbons (Fsp3) is 0.364. The highest BCUT2D eigenvalue weighted by molar-refractivity contribution is 6.31. The number of nitrogens with zero attached hydrogens (tertiary/aromatic N) is 1. The van der Waals surface area contributed by atoms with Crippen LogP contribution in [0.3, 0.4) is 0 Å². The molecule has 0 bridgehead atoms. The molecule has 1 aliphatic carbocycles. The molecule has 0 spiro atoms. The highest BCUT2D eigenvalue weighted by Gasteiger charge is 2.47. The molecule has 31 heavy (non-hydrogen) atoms. The lowest BCUT2D eigenvalue weighted by Crippen LogP contribution is -2.55. The minimum absolute atomic E-state index is 0.0566. The van der Waals surface area contributed by atoms with Gasteiger partial charge in [-0.25, -0.2) is 0 Å². The summed E-state index contributed by atoms with van der Waals surface area (Å²) in [5, 5.41) is 2.74. The van der Waals surface area contributed by atoms with Crippen molar-refractivity contribution >= 4 is 35.2 Å². The quantitative estimate of drug-likeness (QED) is 0.655. The molecular formula is C22H23ClN2O6. The van der Waals surface area contributed by atoms with Gasteiger partial charge in [0, 0.05) is 24.1 Å². The first kappa shape index (κ1) is 22.6. The minimum Gasteiger partial charge on any atom is -0.459 e. The third-order valence-electron chi connectivity index (χ3n) is 5.41. The molecule has 0 radical (unpaired) electrons. The van der Waals surface area contributed by atoms with Crippen molar-refractivity contribution in [1.82, 2.24) is 10.2 Å². The van der Waals surface area contributed by atoms with Gasteiger partial charge in [-0.05, 0) is 37.5 Å². The summed E-state index contributed by atoms with van der Waals surface area (Å²) in [6, 6.07) is 9.95. The SMILES string of the molecule is CN(C(=O)COC(=O)CNC(=O)c1ccco1)[C@@]1(c2ccccc2Cl)CCCCC1=O. The Morgan fingerprint density at radius 1 is 1.19 bits per heavy atom. The molecule has 0 aliphatic heterocycles. The van der Waals surface area contributed by atoms with E-state index in [0.717, 1.165) is 12.8 Å². The Hall–Kier alpha value is -3.13. The van der Waals surface area contributed by atoms with E-state index in [2.05, 4.69) is 5.32 Å². The number of carbonyl (C=O) groups excluding carboxylic acids is 4. The number of rotatable bonds is 7. The number of likely N-dealkylation sites (N-methyl/N-ethyl adjacent to an activating group) is 1. The van der Waals surface area contributed by atoms with Gasteiger partial charge in [-0.2, -0.15) is 0 Å². The zero-order chi connectivity index (χ0) is 22.4. The van der Waals surface area contributed by atoms with E-state index in [-0.39, 0.29) is 11.5 Å². The normalized spacial score (nSPS) is 18.3. The Kier molecular flexibility index (Phi) is 7.12. The number of nitrogens with one attached hydrogen (secondary N) is 1. The maximum Gasteiger partial charge on any atom is 0.325 e. The van der Waals surface area contributed by atoms with E-state index in [4.69, 9.17) is 20.8 Å². The minimum atomic E-state index is -1.20. The number of ketones is 1. The largest absolute Gasteiger partial charge is 0.459 e. The summed E-state index contributed by atoms with van der Waals surface area (Å²) in [7, 11) is 1.52. The molecule has 2 aromatic rings. The van der Waals surface area contributed by atoms with Crippen LogP contribution in [-0.4, -0.2) is 48.7 Å². The van der Waals surface area contributed by atoms with Crippen LogP contribution >= 0.6 is 11.6 Å². The summed E-state index contributed by atoms with van der Waals surface area (Å²) in [6.45, 7) is -0.990. The molecule has 164 valence electrons. The van der Waals surface area contributed by atoms with Gasteiger partial charge in [0.05, 0.1) is 6.26 Å². The first-order chi connectivity index (χ1) is 14.9. The van der Waals surface area contributed by atoms with E-state index in [0.29, 0.717) is 23.4 Å². The predicted octanol–water partition coefficient (Wildman–Crippen LogP) is 2.70. The van der Waals surface area contributed by atoms with Crippen molar-refractivity contribution in [2.24, 2.45) is 0 Å². The van der Waals surface area contributed by atoms with Crippen molar-refractivity contribution in [2.75, 3.05) is 20.2 Å². The Balaban J connectivity index is 1.65. The number of amides is 2. The van der Waals surface area contributed by atoms with Gasteiger partial charge in [0.25, 0.3) is 11.8 Å². The van der Waals surface area contributed by atoms with Crippen LogP contribution in [-0.2, 0) is 24.7 Å². The molecule has 1 saturated carbocycles. The molecule has 1 fully saturated rings. The molecule has 1 aromatic carbocycles. The molecule has 9 heteroatoms. The van der Waals surface area contributed by atoms with E-state index in [1.54, 1.807) is 30.3 Å². The Labute approximate surface area is 184 Å². The number of furan rings is 1. The number of ether oxygens (including phenoxy) is 1. The Morgan fingerprint density at radius 3 is 2.65 bits per heavy atom. The fourth-order valence-corrected chi connectivity index (χ4v) is 4.07. The second kappa shape index (κ2) is 9.78. The molecule has 0 saturated heterocycles.